The largest absolute Gasteiger partial charge is 0.497 e. The van der Waals surface area contributed by atoms with Crippen LogP contribution in [0.2, 0.25) is 0 Å². The molecule has 2 aromatic rings. The molecule has 8 nitrogen and oxygen atoms in total. The van der Waals surface area contributed by atoms with Gasteiger partial charge in [-0.15, -0.1) is 0 Å². The molecule has 2 aromatic carbocycles. The molecular formula is C20H26N4O4S. The molecule has 0 spiro atoms. The highest BCUT2D eigenvalue weighted by Gasteiger charge is 2.29. The number of aryl methyl sites for hydroxylation is 1. The number of methoxy groups -OCH3 is 1. The van der Waals surface area contributed by atoms with E-state index in [2.05, 4.69) is 15.5 Å². The zero-order valence-electron chi connectivity index (χ0n) is 16.8. The van der Waals surface area contributed by atoms with E-state index >= 15 is 0 Å². The van der Waals surface area contributed by atoms with Gasteiger partial charge in [0.05, 0.1) is 12.0 Å². The van der Waals surface area contributed by atoms with Gasteiger partial charge >= 0.3 is 6.03 Å². The Balaban J connectivity index is 1.75. The molecular weight excluding hydrogens is 392 g/mol. The summed E-state index contributed by atoms with van der Waals surface area (Å²) in [5, 5.41) is 5.41. The van der Waals surface area contributed by atoms with Crippen LogP contribution in [0.25, 0.3) is 0 Å². The van der Waals surface area contributed by atoms with Crippen LogP contribution >= 0.6 is 0 Å². The van der Waals surface area contributed by atoms with E-state index in [9.17, 15) is 13.2 Å². The lowest BCUT2D eigenvalue weighted by molar-refractivity contribution is 0.222. The maximum absolute atomic E-state index is 13.1. The molecule has 1 aliphatic heterocycles. The lowest BCUT2D eigenvalue weighted by Crippen LogP contribution is -2.47. The Morgan fingerprint density at radius 3 is 2.31 bits per heavy atom. The number of nitrogens with one attached hydrogen (secondary N) is 2. The van der Waals surface area contributed by atoms with Crippen molar-refractivity contribution >= 4 is 27.4 Å². The van der Waals surface area contributed by atoms with Crippen molar-refractivity contribution in [2.75, 3.05) is 51.0 Å². The fraction of sp³-hybridized carbons (Fsp3) is 0.350. The second-order valence-electron chi connectivity index (χ2n) is 7.00. The lowest BCUT2D eigenvalue weighted by atomic mass is 10.2. The van der Waals surface area contributed by atoms with Crippen molar-refractivity contribution in [3.8, 4) is 5.75 Å². The van der Waals surface area contributed by atoms with Crippen molar-refractivity contribution in [2.45, 2.75) is 11.8 Å². The van der Waals surface area contributed by atoms with Crippen LogP contribution in [0.5, 0.6) is 5.75 Å². The van der Waals surface area contributed by atoms with Gasteiger partial charge in [0, 0.05) is 43.6 Å². The van der Waals surface area contributed by atoms with E-state index in [1.165, 1.54) is 10.4 Å². The van der Waals surface area contributed by atoms with E-state index in [0.29, 0.717) is 48.9 Å². The Kier molecular flexibility index (Phi) is 6.41. The molecule has 1 heterocycles. The third-order valence-electron chi connectivity index (χ3n) is 4.85. The van der Waals surface area contributed by atoms with E-state index in [1.54, 1.807) is 50.4 Å². The average molecular weight is 419 g/mol. The number of benzene rings is 2. The number of nitrogens with zero attached hydrogens (tertiary/aromatic N) is 2. The number of hydrogen-bond acceptors (Lipinski definition) is 5. The van der Waals surface area contributed by atoms with Crippen molar-refractivity contribution in [3.05, 3.63) is 48.0 Å². The first-order valence-corrected chi connectivity index (χ1v) is 10.7. The van der Waals surface area contributed by atoms with E-state index in [0.717, 1.165) is 0 Å². The van der Waals surface area contributed by atoms with Crippen LogP contribution in [0.4, 0.5) is 16.2 Å². The predicted molar refractivity (Wildman–Crippen MR) is 113 cm³/mol. The predicted octanol–water partition coefficient (Wildman–Crippen LogP) is 2.58. The Morgan fingerprint density at radius 1 is 1.00 bits per heavy atom. The van der Waals surface area contributed by atoms with Gasteiger partial charge < -0.3 is 20.3 Å². The monoisotopic (exact) mass is 418 g/mol. The molecule has 1 aliphatic rings. The second-order valence-corrected chi connectivity index (χ2v) is 8.91. The second kappa shape index (κ2) is 8.81. The summed E-state index contributed by atoms with van der Waals surface area (Å²) in [4.78, 5) is 14.6. The zero-order chi connectivity index (χ0) is 21.0. The molecule has 0 atom stereocenters. The quantitative estimate of drug-likeness (QED) is 0.779. The number of carbonyl (C=O) groups is 1. The molecule has 2 N–H and O–H groups in total. The Bertz CT molecular complexity index is 986. The standard InChI is InChI=1S/C20H26N4O4S/c1-15-7-8-17(22-20(25)21-16-5-4-6-18(13-16)28-3)14-19(15)29(26,27)24-11-9-23(2)10-12-24/h4-8,13-14H,9-12H2,1-3H3,(H2,21,22,25). The topological polar surface area (TPSA) is 91.0 Å². The van der Waals surface area contributed by atoms with Crippen LogP contribution in [-0.4, -0.2) is 64.0 Å². The molecule has 9 heteroatoms. The third kappa shape index (κ3) is 5.06. The summed E-state index contributed by atoms with van der Waals surface area (Å²) >= 11 is 0. The highest BCUT2D eigenvalue weighted by molar-refractivity contribution is 7.89. The number of piperazine rings is 1. The van der Waals surface area contributed by atoms with Gasteiger partial charge in [-0.25, -0.2) is 13.2 Å². The number of ether oxygens (including phenoxy) is 1. The Hall–Kier alpha value is -2.62. The number of rotatable bonds is 5. The molecule has 0 aromatic heterocycles. The fourth-order valence-electron chi connectivity index (χ4n) is 3.12. The molecule has 0 bridgehead atoms. The van der Waals surface area contributed by atoms with Gasteiger partial charge in [0.15, 0.2) is 0 Å². The third-order valence-corrected chi connectivity index (χ3v) is 6.89. The molecule has 156 valence electrons. The van der Waals surface area contributed by atoms with Crippen molar-refractivity contribution in [1.82, 2.24) is 9.21 Å². The number of amides is 2. The van der Waals surface area contributed by atoms with Crippen LogP contribution in [0.15, 0.2) is 47.4 Å². The molecule has 29 heavy (non-hydrogen) atoms. The number of hydrogen-bond donors (Lipinski definition) is 2. The van der Waals surface area contributed by atoms with Gasteiger partial charge in [-0.1, -0.05) is 12.1 Å². The number of carbonyl (C=O) groups excluding carboxylic acids is 1. The van der Waals surface area contributed by atoms with E-state index in [-0.39, 0.29) is 4.90 Å². The highest BCUT2D eigenvalue weighted by atomic mass is 32.2. The molecule has 0 aliphatic carbocycles. The first kappa shape index (κ1) is 21.1. The van der Waals surface area contributed by atoms with Crippen LogP contribution < -0.4 is 15.4 Å². The summed E-state index contributed by atoms with van der Waals surface area (Å²) in [7, 11) is -0.102. The smallest absolute Gasteiger partial charge is 0.323 e. The summed E-state index contributed by atoms with van der Waals surface area (Å²) in [6, 6.07) is 11.4. The first-order chi connectivity index (χ1) is 13.8. The molecule has 0 saturated carbocycles. The number of anilines is 2. The molecule has 1 fully saturated rings. The van der Waals surface area contributed by atoms with Gasteiger partial charge in [0.1, 0.15) is 5.75 Å². The van der Waals surface area contributed by atoms with Gasteiger partial charge in [0.25, 0.3) is 0 Å². The van der Waals surface area contributed by atoms with Gasteiger partial charge in [-0.3, -0.25) is 0 Å². The van der Waals surface area contributed by atoms with Crippen LogP contribution in [0.1, 0.15) is 5.56 Å². The van der Waals surface area contributed by atoms with Crippen molar-refractivity contribution in [1.29, 1.82) is 0 Å². The molecule has 0 unspecified atom stereocenters. The summed E-state index contributed by atoms with van der Waals surface area (Å²) in [5.41, 5.74) is 1.62. The highest BCUT2D eigenvalue weighted by Crippen LogP contribution is 2.25. The summed E-state index contributed by atoms with van der Waals surface area (Å²) in [5.74, 6) is 0.624. The minimum Gasteiger partial charge on any atom is -0.497 e. The molecule has 0 radical (unpaired) electrons. The fourth-order valence-corrected chi connectivity index (χ4v) is 4.79. The number of sulfonamides is 1. The maximum atomic E-state index is 13.1. The summed E-state index contributed by atoms with van der Waals surface area (Å²) < 4.78 is 32.8. The first-order valence-electron chi connectivity index (χ1n) is 9.31. The van der Waals surface area contributed by atoms with Gasteiger partial charge in [-0.05, 0) is 43.8 Å². The number of likely N-dealkylation sites (N-methyl/N-ethyl adjacent to an activating group) is 1. The van der Waals surface area contributed by atoms with Crippen molar-refractivity contribution in [3.63, 3.8) is 0 Å². The maximum Gasteiger partial charge on any atom is 0.323 e. The lowest BCUT2D eigenvalue weighted by Gasteiger charge is -2.32. The normalized spacial score (nSPS) is 15.7. The van der Waals surface area contributed by atoms with E-state index < -0.39 is 16.1 Å². The van der Waals surface area contributed by atoms with E-state index in [4.69, 9.17) is 4.74 Å². The number of urea groups is 1. The minimum absolute atomic E-state index is 0.209. The summed E-state index contributed by atoms with van der Waals surface area (Å²) in [6.07, 6.45) is 0. The average Bonchev–Trinajstić information content (AvgIpc) is 2.69. The Labute approximate surface area is 171 Å². The Morgan fingerprint density at radius 2 is 1.66 bits per heavy atom. The van der Waals surface area contributed by atoms with Crippen molar-refractivity contribution in [2.24, 2.45) is 0 Å². The minimum atomic E-state index is -3.62. The molecule has 2 amide bonds. The van der Waals surface area contributed by atoms with Crippen LogP contribution in [0.3, 0.4) is 0 Å². The zero-order valence-corrected chi connectivity index (χ0v) is 17.6. The van der Waals surface area contributed by atoms with E-state index in [1.807, 2.05) is 7.05 Å². The summed E-state index contributed by atoms with van der Waals surface area (Å²) in [6.45, 7) is 4.04. The SMILES string of the molecule is COc1cccc(NC(=O)Nc2ccc(C)c(S(=O)(=O)N3CCN(C)CC3)c2)c1. The molecule has 1 saturated heterocycles. The van der Waals surface area contributed by atoms with Crippen LogP contribution in [0, 0.1) is 6.92 Å². The van der Waals surface area contributed by atoms with Gasteiger partial charge in [0.2, 0.25) is 10.0 Å². The van der Waals surface area contributed by atoms with Crippen molar-refractivity contribution < 1.29 is 17.9 Å². The van der Waals surface area contributed by atoms with Crippen LogP contribution in [-0.2, 0) is 10.0 Å². The molecule has 3 rings (SSSR count). The van der Waals surface area contributed by atoms with Gasteiger partial charge in [-0.2, -0.15) is 4.31 Å².